The van der Waals surface area contributed by atoms with Crippen LogP contribution in [-0.2, 0) is 12.8 Å². The van der Waals surface area contributed by atoms with Crippen molar-refractivity contribution in [2.75, 3.05) is 0 Å². The smallest absolute Gasteiger partial charge is 0.235 e. The Labute approximate surface area is 134 Å². The van der Waals surface area contributed by atoms with Crippen LogP contribution in [0.5, 0.6) is 17.2 Å². The second-order valence-electron chi connectivity index (χ2n) is 5.32. The standard InChI is InChI=1S/C19H18O4/c1-3-12-5-8-14(9-6-12)22-19-16(4-2)23-17-11-13(20)7-10-15(17)18(19)21/h5-11,20H,3-4H2,1-2H3. The Morgan fingerprint density at radius 2 is 1.78 bits per heavy atom. The molecule has 4 nitrogen and oxygen atoms in total. The van der Waals surface area contributed by atoms with Gasteiger partial charge in [0.05, 0.1) is 5.39 Å². The molecule has 0 saturated carbocycles. The van der Waals surface area contributed by atoms with Crippen LogP contribution in [0.25, 0.3) is 11.0 Å². The van der Waals surface area contributed by atoms with E-state index >= 15 is 0 Å². The summed E-state index contributed by atoms with van der Waals surface area (Å²) in [4.78, 5) is 12.7. The molecule has 0 fully saturated rings. The Kier molecular flexibility index (Phi) is 4.06. The molecule has 3 aromatic rings. The molecular weight excluding hydrogens is 292 g/mol. The van der Waals surface area contributed by atoms with Crippen LogP contribution in [0.4, 0.5) is 0 Å². The molecule has 0 bridgehead atoms. The van der Waals surface area contributed by atoms with E-state index in [1.165, 1.54) is 17.7 Å². The number of hydrogen-bond acceptors (Lipinski definition) is 4. The summed E-state index contributed by atoms with van der Waals surface area (Å²) < 4.78 is 11.5. The lowest BCUT2D eigenvalue weighted by atomic mass is 10.1. The predicted octanol–water partition coefficient (Wildman–Crippen LogP) is 4.42. The summed E-state index contributed by atoms with van der Waals surface area (Å²) in [5, 5.41) is 9.93. The Balaban J connectivity index is 2.09. The van der Waals surface area contributed by atoms with Crippen molar-refractivity contribution in [1.29, 1.82) is 0 Å². The summed E-state index contributed by atoms with van der Waals surface area (Å²) in [6, 6.07) is 12.1. The summed E-state index contributed by atoms with van der Waals surface area (Å²) in [6.07, 6.45) is 1.46. The Hall–Kier alpha value is -2.75. The second-order valence-corrected chi connectivity index (χ2v) is 5.32. The normalized spacial score (nSPS) is 10.9. The number of ether oxygens (including phenoxy) is 1. The highest BCUT2D eigenvalue weighted by Gasteiger charge is 2.16. The zero-order valence-electron chi connectivity index (χ0n) is 13.1. The van der Waals surface area contributed by atoms with Crippen molar-refractivity contribution in [3.8, 4) is 17.2 Å². The van der Waals surface area contributed by atoms with Gasteiger partial charge < -0.3 is 14.3 Å². The molecule has 4 heteroatoms. The average Bonchev–Trinajstić information content (AvgIpc) is 2.57. The molecule has 118 valence electrons. The van der Waals surface area contributed by atoms with Gasteiger partial charge in [0, 0.05) is 12.5 Å². The van der Waals surface area contributed by atoms with E-state index in [2.05, 4.69) is 6.92 Å². The largest absolute Gasteiger partial charge is 0.508 e. The molecule has 2 aromatic carbocycles. The predicted molar refractivity (Wildman–Crippen MR) is 89.4 cm³/mol. The van der Waals surface area contributed by atoms with Gasteiger partial charge in [0.25, 0.3) is 0 Å². The maximum atomic E-state index is 12.7. The first-order chi connectivity index (χ1) is 11.1. The molecule has 0 aliphatic rings. The number of aromatic hydroxyl groups is 1. The van der Waals surface area contributed by atoms with Gasteiger partial charge in [-0.3, -0.25) is 4.79 Å². The first-order valence-electron chi connectivity index (χ1n) is 7.67. The molecule has 0 aliphatic heterocycles. The van der Waals surface area contributed by atoms with E-state index in [1.54, 1.807) is 6.07 Å². The lowest BCUT2D eigenvalue weighted by molar-refractivity contribution is 0.427. The molecule has 1 heterocycles. The number of phenols is 1. The lowest BCUT2D eigenvalue weighted by Crippen LogP contribution is -2.08. The van der Waals surface area contributed by atoms with Gasteiger partial charge in [-0.1, -0.05) is 26.0 Å². The van der Waals surface area contributed by atoms with Gasteiger partial charge in [0.15, 0.2) is 5.76 Å². The number of benzene rings is 2. The molecule has 0 unspecified atom stereocenters. The zero-order valence-corrected chi connectivity index (χ0v) is 13.1. The van der Waals surface area contributed by atoms with Crippen LogP contribution in [0.1, 0.15) is 25.2 Å². The Bertz CT molecular complexity index is 892. The van der Waals surface area contributed by atoms with Crippen LogP contribution in [0.3, 0.4) is 0 Å². The van der Waals surface area contributed by atoms with Crippen molar-refractivity contribution in [1.82, 2.24) is 0 Å². The van der Waals surface area contributed by atoms with Crippen molar-refractivity contribution in [2.45, 2.75) is 26.7 Å². The number of aryl methyl sites for hydroxylation is 2. The maximum absolute atomic E-state index is 12.7. The van der Waals surface area contributed by atoms with Crippen LogP contribution in [0.15, 0.2) is 51.7 Å². The molecule has 0 saturated heterocycles. The minimum Gasteiger partial charge on any atom is -0.508 e. The number of phenolic OH excluding ortho intramolecular Hbond substituents is 1. The number of fused-ring (bicyclic) bond motifs is 1. The molecule has 1 N–H and O–H groups in total. The molecule has 0 atom stereocenters. The highest BCUT2D eigenvalue weighted by Crippen LogP contribution is 2.28. The van der Waals surface area contributed by atoms with Crippen molar-refractivity contribution < 1.29 is 14.3 Å². The fraction of sp³-hybridized carbons (Fsp3) is 0.211. The summed E-state index contributed by atoms with van der Waals surface area (Å²) in [5.74, 6) is 1.33. The molecule has 0 amide bonds. The van der Waals surface area contributed by atoms with Crippen molar-refractivity contribution in [3.63, 3.8) is 0 Å². The fourth-order valence-corrected chi connectivity index (χ4v) is 2.46. The van der Waals surface area contributed by atoms with Crippen LogP contribution in [0, 0.1) is 0 Å². The summed E-state index contributed by atoms with van der Waals surface area (Å²) in [7, 11) is 0. The molecule has 0 radical (unpaired) electrons. The number of hydrogen-bond donors (Lipinski definition) is 1. The van der Waals surface area contributed by atoms with Gasteiger partial charge in [-0.15, -0.1) is 0 Å². The number of rotatable bonds is 4. The Morgan fingerprint density at radius 1 is 1.04 bits per heavy atom. The van der Waals surface area contributed by atoms with E-state index < -0.39 is 0 Å². The van der Waals surface area contributed by atoms with Crippen LogP contribution < -0.4 is 10.2 Å². The van der Waals surface area contributed by atoms with Crippen LogP contribution >= 0.6 is 0 Å². The quantitative estimate of drug-likeness (QED) is 0.775. The molecular formula is C19H18O4. The first-order valence-corrected chi connectivity index (χ1v) is 7.67. The minimum absolute atomic E-state index is 0.0616. The molecule has 3 rings (SSSR count). The molecule has 23 heavy (non-hydrogen) atoms. The Morgan fingerprint density at radius 3 is 2.43 bits per heavy atom. The average molecular weight is 310 g/mol. The summed E-state index contributed by atoms with van der Waals surface area (Å²) >= 11 is 0. The lowest BCUT2D eigenvalue weighted by Gasteiger charge is -2.10. The van der Waals surface area contributed by atoms with E-state index in [-0.39, 0.29) is 16.9 Å². The van der Waals surface area contributed by atoms with Crippen molar-refractivity contribution in [2.24, 2.45) is 0 Å². The monoisotopic (exact) mass is 310 g/mol. The fourth-order valence-electron chi connectivity index (χ4n) is 2.46. The third-order valence-electron chi connectivity index (χ3n) is 3.78. The van der Waals surface area contributed by atoms with Crippen molar-refractivity contribution in [3.05, 3.63) is 64.0 Å². The van der Waals surface area contributed by atoms with E-state index in [0.717, 1.165) is 6.42 Å². The summed E-state index contributed by atoms with van der Waals surface area (Å²) in [5.41, 5.74) is 1.33. The van der Waals surface area contributed by atoms with Gasteiger partial charge in [-0.05, 0) is 36.2 Å². The van der Waals surface area contributed by atoms with Gasteiger partial charge in [0.2, 0.25) is 11.2 Å². The van der Waals surface area contributed by atoms with E-state index in [1.807, 2.05) is 31.2 Å². The van der Waals surface area contributed by atoms with Gasteiger partial charge in [-0.2, -0.15) is 0 Å². The third kappa shape index (κ3) is 2.93. The highest BCUT2D eigenvalue weighted by molar-refractivity contribution is 5.79. The zero-order chi connectivity index (χ0) is 16.4. The van der Waals surface area contributed by atoms with Gasteiger partial charge in [-0.25, -0.2) is 0 Å². The SMILES string of the molecule is CCc1ccc(Oc2c(CC)oc3cc(O)ccc3c2=O)cc1. The molecule has 0 spiro atoms. The summed E-state index contributed by atoms with van der Waals surface area (Å²) in [6.45, 7) is 3.97. The minimum atomic E-state index is -0.234. The van der Waals surface area contributed by atoms with Gasteiger partial charge in [0.1, 0.15) is 17.1 Å². The maximum Gasteiger partial charge on any atom is 0.235 e. The van der Waals surface area contributed by atoms with E-state index in [4.69, 9.17) is 9.15 Å². The van der Waals surface area contributed by atoms with Gasteiger partial charge >= 0.3 is 0 Å². The van der Waals surface area contributed by atoms with Crippen molar-refractivity contribution >= 4 is 11.0 Å². The molecule has 1 aromatic heterocycles. The highest BCUT2D eigenvalue weighted by atomic mass is 16.5. The van der Waals surface area contributed by atoms with E-state index in [9.17, 15) is 9.90 Å². The topological polar surface area (TPSA) is 59.7 Å². The third-order valence-corrected chi connectivity index (χ3v) is 3.78. The second kappa shape index (κ2) is 6.16. The van der Waals surface area contributed by atoms with Crippen LogP contribution in [0.2, 0.25) is 0 Å². The first kappa shape index (κ1) is 15.2. The van der Waals surface area contributed by atoms with E-state index in [0.29, 0.717) is 28.9 Å². The van der Waals surface area contributed by atoms with Crippen LogP contribution in [-0.4, -0.2) is 5.11 Å². The molecule has 0 aliphatic carbocycles.